The molecule has 2 rings (SSSR count). The Morgan fingerprint density at radius 1 is 1.29 bits per heavy atom. The highest BCUT2D eigenvalue weighted by Gasteiger charge is 2.23. The van der Waals surface area contributed by atoms with Gasteiger partial charge in [0.1, 0.15) is 0 Å². The van der Waals surface area contributed by atoms with Crippen molar-refractivity contribution in [1.82, 2.24) is 10.2 Å². The highest BCUT2D eigenvalue weighted by Crippen LogP contribution is 2.22. The number of carbonyl (C=O) groups excluding carboxylic acids is 2. The zero-order chi connectivity index (χ0) is 17.7. The van der Waals surface area contributed by atoms with Gasteiger partial charge in [-0.25, -0.2) is 4.79 Å². The van der Waals surface area contributed by atoms with Gasteiger partial charge >= 0.3 is 6.03 Å². The van der Waals surface area contributed by atoms with Gasteiger partial charge in [0, 0.05) is 31.9 Å². The molecule has 1 heterocycles. The Bertz CT molecular complexity index is 599. The standard InChI is InChI=1S/C17H24ClN3O3/c1-11(2)19-16(22)14-10-12(4-5-15(14)18)20-17(23)21-8-6-13(24-3)7-9-21/h4-5,10-11,13H,6-9H2,1-3H3,(H,19,22)(H,20,23). The Balaban J connectivity index is 2.02. The number of amides is 3. The van der Waals surface area contributed by atoms with Crippen LogP contribution in [0.15, 0.2) is 18.2 Å². The lowest BCUT2D eigenvalue weighted by molar-refractivity contribution is 0.0521. The molecule has 0 spiro atoms. The first-order valence-electron chi connectivity index (χ1n) is 8.10. The Kier molecular flexibility index (Phi) is 6.45. The maximum atomic E-state index is 12.3. The molecular weight excluding hydrogens is 330 g/mol. The molecule has 0 saturated carbocycles. The zero-order valence-electron chi connectivity index (χ0n) is 14.3. The number of urea groups is 1. The summed E-state index contributed by atoms with van der Waals surface area (Å²) < 4.78 is 5.31. The van der Waals surface area contributed by atoms with Crippen LogP contribution in [0.1, 0.15) is 37.0 Å². The molecular formula is C17H24ClN3O3. The summed E-state index contributed by atoms with van der Waals surface area (Å²) in [5.74, 6) is -0.257. The SMILES string of the molecule is COC1CCN(C(=O)Nc2ccc(Cl)c(C(=O)NC(C)C)c2)CC1. The Morgan fingerprint density at radius 3 is 2.54 bits per heavy atom. The lowest BCUT2D eigenvalue weighted by atomic mass is 10.1. The van der Waals surface area contributed by atoms with Gasteiger partial charge in [-0.05, 0) is 44.9 Å². The van der Waals surface area contributed by atoms with Crippen LogP contribution in [0, 0.1) is 0 Å². The monoisotopic (exact) mass is 353 g/mol. The molecule has 1 aromatic rings. The molecule has 0 bridgehead atoms. The summed E-state index contributed by atoms with van der Waals surface area (Å²) in [6.07, 6.45) is 1.87. The summed E-state index contributed by atoms with van der Waals surface area (Å²) in [6, 6.07) is 4.73. The molecule has 24 heavy (non-hydrogen) atoms. The number of hydrogen-bond donors (Lipinski definition) is 2. The molecule has 0 aliphatic carbocycles. The summed E-state index contributed by atoms with van der Waals surface area (Å²) in [6.45, 7) is 5.05. The topological polar surface area (TPSA) is 70.7 Å². The van der Waals surface area contributed by atoms with E-state index in [2.05, 4.69) is 10.6 Å². The predicted octanol–water partition coefficient (Wildman–Crippen LogP) is 3.12. The molecule has 0 unspecified atom stereocenters. The van der Waals surface area contributed by atoms with Gasteiger partial charge in [-0.2, -0.15) is 0 Å². The van der Waals surface area contributed by atoms with E-state index in [1.165, 1.54) is 0 Å². The van der Waals surface area contributed by atoms with E-state index < -0.39 is 0 Å². The molecule has 0 aromatic heterocycles. The molecule has 1 saturated heterocycles. The number of benzene rings is 1. The second kappa shape index (κ2) is 8.35. The number of piperidine rings is 1. The van der Waals surface area contributed by atoms with Gasteiger partial charge in [-0.1, -0.05) is 11.6 Å². The van der Waals surface area contributed by atoms with Gasteiger partial charge in [0.05, 0.1) is 16.7 Å². The van der Waals surface area contributed by atoms with Crippen LogP contribution in [0.4, 0.5) is 10.5 Å². The minimum atomic E-state index is -0.257. The summed E-state index contributed by atoms with van der Waals surface area (Å²) in [5.41, 5.74) is 0.897. The van der Waals surface area contributed by atoms with Crippen molar-refractivity contribution in [3.05, 3.63) is 28.8 Å². The van der Waals surface area contributed by atoms with Crippen molar-refractivity contribution in [2.45, 2.75) is 38.8 Å². The summed E-state index contributed by atoms with van der Waals surface area (Å²) in [4.78, 5) is 26.2. The summed E-state index contributed by atoms with van der Waals surface area (Å²) >= 11 is 6.09. The Labute approximate surface area is 147 Å². The molecule has 6 nitrogen and oxygen atoms in total. The van der Waals surface area contributed by atoms with Crippen molar-refractivity contribution in [1.29, 1.82) is 0 Å². The Hall–Kier alpha value is -1.79. The van der Waals surface area contributed by atoms with Crippen LogP contribution in [-0.2, 0) is 4.74 Å². The number of likely N-dealkylation sites (tertiary alicyclic amines) is 1. The zero-order valence-corrected chi connectivity index (χ0v) is 15.0. The maximum absolute atomic E-state index is 12.3. The van der Waals surface area contributed by atoms with Crippen LogP contribution in [0.2, 0.25) is 5.02 Å². The van der Waals surface area contributed by atoms with Crippen LogP contribution in [0.5, 0.6) is 0 Å². The molecule has 132 valence electrons. The second-order valence-electron chi connectivity index (χ2n) is 6.18. The van der Waals surface area contributed by atoms with Crippen LogP contribution >= 0.6 is 11.6 Å². The van der Waals surface area contributed by atoms with E-state index in [0.29, 0.717) is 29.4 Å². The minimum Gasteiger partial charge on any atom is -0.381 e. The maximum Gasteiger partial charge on any atom is 0.321 e. The second-order valence-corrected chi connectivity index (χ2v) is 6.58. The van der Waals surface area contributed by atoms with Gasteiger partial charge in [0.15, 0.2) is 0 Å². The number of carbonyl (C=O) groups is 2. The fraction of sp³-hybridized carbons (Fsp3) is 0.529. The highest BCUT2D eigenvalue weighted by atomic mass is 35.5. The lowest BCUT2D eigenvalue weighted by Gasteiger charge is -2.31. The van der Waals surface area contributed by atoms with E-state index in [-0.39, 0.29) is 24.1 Å². The predicted molar refractivity (Wildman–Crippen MR) is 94.7 cm³/mol. The van der Waals surface area contributed by atoms with Crippen molar-refractivity contribution in [3.63, 3.8) is 0 Å². The summed E-state index contributed by atoms with van der Waals surface area (Å²) in [5, 5.41) is 5.98. The number of nitrogens with one attached hydrogen (secondary N) is 2. The van der Waals surface area contributed by atoms with Crippen molar-refractivity contribution < 1.29 is 14.3 Å². The van der Waals surface area contributed by atoms with Crippen LogP contribution in [0.3, 0.4) is 0 Å². The van der Waals surface area contributed by atoms with Gasteiger partial charge < -0.3 is 20.3 Å². The molecule has 0 atom stereocenters. The normalized spacial score (nSPS) is 15.5. The molecule has 3 amide bonds. The first-order valence-corrected chi connectivity index (χ1v) is 8.47. The van der Waals surface area contributed by atoms with Gasteiger partial charge in [-0.15, -0.1) is 0 Å². The third-order valence-electron chi connectivity index (χ3n) is 3.94. The fourth-order valence-electron chi connectivity index (χ4n) is 2.61. The van der Waals surface area contributed by atoms with Crippen molar-refractivity contribution in [3.8, 4) is 0 Å². The van der Waals surface area contributed by atoms with E-state index in [4.69, 9.17) is 16.3 Å². The number of anilines is 1. The van der Waals surface area contributed by atoms with Crippen LogP contribution in [0.25, 0.3) is 0 Å². The van der Waals surface area contributed by atoms with Crippen LogP contribution in [-0.4, -0.2) is 49.2 Å². The summed E-state index contributed by atoms with van der Waals surface area (Å²) in [7, 11) is 1.69. The van der Waals surface area contributed by atoms with E-state index in [1.807, 2.05) is 13.8 Å². The van der Waals surface area contributed by atoms with Gasteiger partial charge in [0.25, 0.3) is 5.91 Å². The number of hydrogen-bond acceptors (Lipinski definition) is 3. The molecule has 2 N–H and O–H groups in total. The molecule has 1 fully saturated rings. The van der Waals surface area contributed by atoms with Gasteiger partial charge in [-0.3, -0.25) is 4.79 Å². The lowest BCUT2D eigenvalue weighted by Crippen LogP contribution is -2.42. The van der Waals surface area contributed by atoms with E-state index in [9.17, 15) is 9.59 Å². The molecule has 1 aliphatic rings. The van der Waals surface area contributed by atoms with Crippen molar-refractivity contribution >= 4 is 29.2 Å². The van der Waals surface area contributed by atoms with E-state index in [1.54, 1.807) is 30.2 Å². The van der Waals surface area contributed by atoms with E-state index >= 15 is 0 Å². The molecule has 1 aliphatic heterocycles. The minimum absolute atomic E-state index is 0.00824. The number of ether oxygens (including phenoxy) is 1. The number of halogens is 1. The number of methoxy groups -OCH3 is 1. The highest BCUT2D eigenvalue weighted by molar-refractivity contribution is 6.34. The number of rotatable bonds is 4. The third kappa shape index (κ3) is 4.85. The first kappa shape index (κ1) is 18.5. The van der Waals surface area contributed by atoms with Crippen molar-refractivity contribution in [2.75, 3.05) is 25.5 Å². The van der Waals surface area contributed by atoms with Gasteiger partial charge in [0.2, 0.25) is 0 Å². The molecule has 7 heteroatoms. The average Bonchev–Trinajstić information content (AvgIpc) is 2.56. The van der Waals surface area contributed by atoms with E-state index in [0.717, 1.165) is 12.8 Å². The quantitative estimate of drug-likeness (QED) is 0.873. The number of nitrogens with zero attached hydrogens (tertiary/aromatic N) is 1. The first-order chi connectivity index (χ1) is 11.4. The average molecular weight is 354 g/mol. The molecule has 0 radical (unpaired) electrons. The Morgan fingerprint density at radius 2 is 1.96 bits per heavy atom. The third-order valence-corrected chi connectivity index (χ3v) is 4.27. The molecule has 1 aromatic carbocycles. The van der Waals surface area contributed by atoms with Crippen molar-refractivity contribution in [2.24, 2.45) is 0 Å². The largest absolute Gasteiger partial charge is 0.381 e. The fourth-order valence-corrected chi connectivity index (χ4v) is 2.82. The smallest absolute Gasteiger partial charge is 0.321 e. The van der Waals surface area contributed by atoms with Crippen LogP contribution < -0.4 is 10.6 Å².